The fourth-order valence-corrected chi connectivity index (χ4v) is 4.37. The van der Waals surface area contributed by atoms with E-state index in [1.165, 1.54) is 5.56 Å². The van der Waals surface area contributed by atoms with Gasteiger partial charge in [-0.2, -0.15) is 0 Å². The van der Waals surface area contributed by atoms with Crippen LogP contribution in [0.1, 0.15) is 18.4 Å². The van der Waals surface area contributed by atoms with Gasteiger partial charge in [0.2, 0.25) is 0 Å². The molecule has 3 aliphatic heterocycles. The molecule has 3 aliphatic rings. The van der Waals surface area contributed by atoms with Crippen molar-refractivity contribution < 1.29 is 14.3 Å². The molecule has 9 nitrogen and oxygen atoms in total. The van der Waals surface area contributed by atoms with Gasteiger partial charge >= 0.3 is 6.03 Å². The van der Waals surface area contributed by atoms with Gasteiger partial charge in [0.15, 0.2) is 12.0 Å². The third kappa shape index (κ3) is 5.16. The number of amides is 3. The lowest BCUT2D eigenvalue weighted by Gasteiger charge is -2.35. The van der Waals surface area contributed by atoms with Gasteiger partial charge in [-0.05, 0) is 24.8 Å². The van der Waals surface area contributed by atoms with Gasteiger partial charge in [-0.1, -0.05) is 30.3 Å². The number of morpholine rings is 1. The molecule has 31 heavy (non-hydrogen) atoms. The first kappa shape index (κ1) is 21.6. The third-order valence-corrected chi connectivity index (χ3v) is 6.13. The Hall–Kier alpha value is -2.65. The first-order chi connectivity index (χ1) is 15.1. The van der Waals surface area contributed by atoms with Crippen molar-refractivity contribution in [2.75, 3.05) is 53.0 Å². The van der Waals surface area contributed by atoms with E-state index in [4.69, 9.17) is 9.73 Å². The average Bonchev–Trinajstić information content (AvgIpc) is 3.16. The van der Waals surface area contributed by atoms with Crippen molar-refractivity contribution in [1.29, 1.82) is 0 Å². The molecule has 2 unspecified atom stereocenters. The van der Waals surface area contributed by atoms with Gasteiger partial charge in [-0.3, -0.25) is 20.0 Å². The van der Waals surface area contributed by atoms with Gasteiger partial charge < -0.3 is 19.9 Å². The average molecular weight is 429 g/mol. The fraction of sp³-hybridized carbons (Fsp3) is 0.591. The zero-order valence-corrected chi connectivity index (χ0v) is 18.1. The number of aryl methyl sites for hydroxylation is 1. The van der Waals surface area contributed by atoms with Crippen molar-refractivity contribution in [3.63, 3.8) is 0 Å². The number of nitrogens with one attached hydrogen (secondary N) is 2. The summed E-state index contributed by atoms with van der Waals surface area (Å²) in [7, 11) is 1.70. The van der Waals surface area contributed by atoms with E-state index in [9.17, 15) is 9.59 Å². The Bertz CT molecular complexity index is 796. The predicted octanol–water partition coefficient (Wildman–Crippen LogP) is 0.479. The highest BCUT2D eigenvalue weighted by Gasteiger charge is 2.49. The molecule has 3 saturated heterocycles. The molecule has 0 aromatic heterocycles. The van der Waals surface area contributed by atoms with Crippen LogP contribution in [0.5, 0.6) is 0 Å². The highest BCUT2D eigenvalue weighted by molar-refractivity contribution is 6.04. The number of nitrogens with zero attached hydrogens (tertiary/aromatic N) is 4. The summed E-state index contributed by atoms with van der Waals surface area (Å²) in [5, 5.41) is 5.79. The van der Waals surface area contributed by atoms with Gasteiger partial charge in [-0.15, -0.1) is 0 Å². The second-order valence-electron chi connectivity index (χ2n) is 8.23. The molecule has 9 heteroatoms. The maximum Gasteiger partial charge on any atom is 0.325 e. The lowest BCUT2D eigenvalue weighted by atomic mass is 10.1. The quantitative estimate of drug-likeness (QED) is 0.586. The molecule has 0 bridgehead atoms. The number of aliphatic imine (C=N–C) groups is 1. The summed E-state index contributed by atoms with van der Waals surface area (Å²) in [6, 6.07) is 9.49. The van der Waals surface area contributed by atoms with Crippen LogP contribution in [0.3, 0.4) is 0 Å². The molecule has 1 aromatic carbocycles. The Balaban J connectivity index is 1.39. The number of fused-ring (bicyclic) bond motifs is 1. The Morgan fingerprint density at radius 1 is 1.10 bits per heavy atom. The molecule has 0 aliphatic carbocycles. The van der Waals surface area contributed by atoms with E-state index < -0.39 is 12.2 Å². The molecular weight excluding hydrogens is 396 g/mol. The zero-order valence-electron chi connectivity index (χ0n) is 18.1. The van der Waals surface area contributed by atoms with Gasteiger partial charge in [0.1, 0.15) is 6.17 Å². The molecule has 3 heterocycles. The molecule has 2 N–H and O–H groups in total. The van der Waals surface area contributed by atoms with E-state index in [0.29, 0.717) is 19.0 Å². The van der Waals surface area contributed by atoms with Crippen LogP contribution in [0.2, 0.25) is 0 Å². The Kier molecular flexibility index (Phi) is 7.03. The summed E-state index contributed by atoms with van der Waals surface area (Å²) in [5.41, 5.74) is 1.27. The molecule has 3 amide bonds. The topological polar surface area (TPSA) is 89.5 Å². The maximum absolute atomic E-state index is 12.6. The smallest absolute Gasteiger partial charge is 0.325 e. The van der Waals surface area contributed by atoms with Gasteiger partial charge in [0.25, 0.3) is 5.91 Å². The fourth-order valence-electron chi connectivity index (χ4n) is 4.37. The zero-order chi connectivity index (χ0) is 21.6. The SMILES string of the molecule is CN1C(=O)NC(=O)C2C1NC(=NCCCN1CCOCC1)N2CCCc1ccccc1. The van der Waals surface area contributed by atoms with Crippen LogP contribution in [0.25, 0.3) is 0 Å². The van der Waals surface area contributed by atoms with Crippen LogP contribution in [0.15, 0.2) is 35.3 Å². The minimum atomic E-state index is -0.462. The van der Waals surface area contributed by atoms with Crippen LogP contribution < -0.4 is 10.6 Å². The first-order valence-electron chi connectivity index (χ1n) is 11.1. The molecule has 2 atom stereocenters. The predicted molar refractivity (Wildman–Crippen MR) is 118 cm³/mol. The second kappa shape index (κ2) is 10.1. The van der Waals surface area contributed by atoms with E-state index in [-0.39, 0.29) is 11.9 Å². The van der Waals surface area contributed by atoms with Crippen molar-refractivity contribution >= 4 is 17.9 Å². The number of rotatable bonds is 8. The van der Waals surface area contributed by atoms with E-state index in [2.05, 4.69) is 27.7 Å². The van der Waals surface area contributed by atoms with E-state index in [1.54, 1.807) is 11.9 Å². The van der Waals surface area contributed by atoms with Crippen LogP contribution in [0, 0.1) is 0 Å². The Morgan fingerprint density at radius 2 is 1.87 bits per heavy atom. The normalized spacial score (nSPS) is 25.5. The number of imide groups is 1. The van der Waals surface area contributed by atoms with Crippen LogP contribution in [-0.4, -0.2) is 97.8 Å². The van der Waals surface area contributed by atoms with E-state index in [0.717, 1.165) is 52.1 Å². The van der Waals surface area contributed by atoms with Gasteiger partial charge in [-0.25, -0.2) is 4.79 Å². The van der Waals surface area contributed by atoms with E-state index >= 15 is 0 Å². The lowest BCUT2D eigenvalue weighted by molar-refractivity contribution is -0.127. The molecule has 3 fully saturated rings. The lowest BCUT2D eigenvalue weighted by Crippen LogP contribution is -2.64. The van der Waals surface area contributed by atoms with Gasteiger partial charge in [0.05, 0.1) is 13.2 Å². The largest absolute Gasteiger partial charge is 0.379 e. The number of hydrogen-bond donors (Lipinski definition) is 2. The minimum Gasteiger partial charge on any atom is -0.379 e. The summed E-state index contributed by atoms with van der Waals surface area (Å²) in [4.78, 5) is 35.5. The molecular formula is C22H32N6O3. The van der Waals surface area contributed by atoms with Crippen molar-refractivity contribution in [3.8, 4) is 0 Å². The van der Waals surface area contributed by atoms with E-state index in [1.807, 2.05) is 23.1 Å². The summed E-state index contributed by atoms with van der Waals surface area (Å²) in [6.45, 7) is 5.89. The highest BCUT2D eigenvalue weighted by atomic mass is 16.5. The third-order valence-electron chi connectivity index (χ3n) is 6.13. The number of carbonyl (C=O) groups excluding carboxylic acids is 2. The van der Waals surface area contributed by atoms with Crippen LogP contribution in [-0.2, 0) is 16.0 Å². The highest BCUT2D eigenvalue weighted by Crippen LogP contribution is 2.21. The number of carbonyl (C=O) groups is 2. The molecule has 0 radical (unpaired) electrons. The van der Waals surface area contributed by atoms with Crippen molar-refractivity contribution in [2.24, 2.45) is 4.99 Å². The Morgan fingerprint density at radius 3 is 2.65 bits per heavy atom. The number of hydrogen-bond acceptors (Lipinski definition) is 5. The molecule has 4 rings (SSSR count). The van der Waals surface area contributed by atoms with Crippen molar-refractivity contribution in [3.05, 3.63) is 35.9 Å². The standard InChI is InChI=1S/C22H32N6O3/c1-26-19-18(20(29)25-22(26)30)28(12-5-9-17-7-3-2-4-8-17)21(24-19)23-10-6-11-27-13-15-31-16-14-27/h2-4,7-8,18-19H,5-6,9-16H2,1H3,(H,23,24)(H,25,29,30). The Labute approximate surface area is 183 Å². The summed E-state index contributed by atoms with van der Waals surface area (Å²) in [6.07, 6.45) is 2.37. The first-order valence-corrected chi connectivity index (χ1v) is 11.1. The monoisotopic (exact) mass is 428 g/mol. The molecule has 1 aromatic rings. The van der Waals surface area contributed by atoms with Crippen molar-refractivity contribution in [1.82, 2.24) is 25.3 Å². The van der Waals surface area contributed by atoms with Crippen molar-refractivity contribution in [2.45, 2.75) is 31.5 Å². The van der Waals surface area contributed by atoms with Crippen LogP contribution in [0.4, 0.5) is 4.79 Å². The summed E-state index contributed by atoms with van der Waals surface area (Å²) >= 11 is 0. The molecule has 0 spiro atoms. The number of benzene rings is 1. The summed E-state index contributed by atoms with van der Waals surface area (Å²) in [5.74, 6) is 0.445. The number of likely N-dealkylation sites (N-methyl/N-ethyl adjacent to an activating group) is 1. The number of guanidine groups is 1. The minimum absolute atomic E-state index is 0.265. The summed E-state index contributed by atoms with van der Waals surface area (Å²) < 4.78 is 5.40. The second-order valence-corrected chi connectivity index (χ2v) is 8.23. The number of ether oxygens (including phenoxy) is 1. The maximum atomic E-state index is 12.6. The molecule has 168 valence electrons. The van der Waals surface area contributed by atoms with Crippen LogP contribution >= 0.6 is 0 Å². The number of urea groups is 1. The van der Waals surface area contributed by atoms with Gasteiger partial charge in [0, 0.05) is 39.8 Å². The molecule has 0 saturated carbocycles.